The summed E-state index contributed by atoms with van der Waals surface area (Å²) in [7, 11) is 0. The van der Waals surface area contributed by atoms with Gasteiger partial charge >= 0.3 is 5.97 Å². The molecule has 17 heavy (non-hydrogen) atoms. The van der Waals surface area contributed by atoms with Gasteiger partial charge in [-0.2, -0.15) is 0 Å². The number of halogens is 1. The molecule has 0 unspecified atom stereocenters. The van der Waals surface area contributed by atoms with E-state index >= 15 is 0 Å². The van der Waals surface area contributed by atoms with Crippen LogP contribution in [0.4, 0.5) is 5.69 Å². The molecule has 0 aromatic heterocycles. The lowest BCUT2D eigenvalue weighted by molar-refractivity contribution is 0.0698. The minimum absolute atomic E-state index is 0.317. The molecule has 0 radical (unpaired) electrons. The number of rotatable bonds is 6. The summed E-state index contributed by atoms with van der Waals surface area (Å²) in [5.74, 6) is -0.220. The predicted molar refractivity (Wildman–Crippen MR) is 73.7 cm³/mol. The van der Waals surface area contributed by atoms with Crippen LogP contribution < -0.4 is 5.32 Å². The van der Waals surface area contributed by atoms with E-state index in [2.05, 4.69) is 35.1 Å². The van der Waals surface area contributed by atoms with Crippen LogP contribution in [-0.4, -0.2) is 17.6 Å². The van der Waals surface area contributed by atoms with Crippen LogP contribution in [0.1, 0.15) is 37.0 Å². The van der Waals surface area contributed by atoms with Crippen molar-refractivity contribution in [3.05, 3.63) is 28.2 Å². The molecule has 94 valence electrons. The molecule has 1 aromatic rings. The molecule has 0 amide bonds. The molecule has 0 atom stereocenters. The highest BCUT2D eigenvalue weighted by Crippen LogP contribution is 2.21. The van der Waals surface area contributed by atoms with Gasteiger partial charge in [-0.05, 0) is 37.0 Å². The van der Waals surface area contributed by atoms with E-state index in [4.69, 9.17) is 5.11 Å². The third-order valence-corrected chi connectivity index (χ3v) is 2.98. The van der Waals surface area contributed by atoms with Gasteiger partial charge in [-0.25, -0.2) is 4.79 Å². The highest BCUT2D eigenvalue weighted by Gasteiger charge is 2.09. The number of carbonyl (C=O) groups is 1. The maximum Gasteiger partial charge on any atom is 0.337 e. The van der Waals surface area contributed by atoms with Gasteiger partial charge in [-0.1, -0.05) is 29.8 Å². The van der Waals surface area contributed by atoms with Gasteiger partial charge in [0.1, 0.15) is 0 Å². The minimum Gasteiger partial charge on any atom is -0.478 e. The van der Waals surface area contributed by atoms with Crippen LogP contribution >= 0.6 is 15.9 Å². The molecule has 1 rings (SSSR count). The Morgan fingerprint density at radius 1 is 1.47 bits per heavy atom. The molecular formula is C13H18BrNO2. The van der Waals surface area contributed by atoms with E-state index in [-0.39, 0.29) is 0 Å². The first-order valence-electron chi connectivity index (χ1n) is 5.77. The van der Waals surface area contributed by atoms with Crippen LogP contribution in [-0.2, 0) is 0 Å². The highest BCUT2D eigenvalue weighted by molar-refractivity contribution is 9.10. The fourth-order valence-corrected chi connectivity index (χ4v) is 1.94. The average molecular weight is 300 g/mol. The molecule has 0 saturated heterocycles. The zero-order valence-electron chi connectivity index (χ0n) is 10.2. The smallest absolute Gasteiger partial charge is 0.337 e. The number of hydrogen-bond acceptors (Lipinski definition) is 2. The van der Waals surface area contributed by atoms with Gasteiger partial charge in [0.25, 0.3) is 0 Å². The van der Waals surface area contributed by atoms with Crippen molar-refractivity contribution >= 4 is 27.6 Å². The van der Waals surface area contributed by atoms with E-state index in [9.17, 15) is 4.79 Å². The summed E-state index contributed by atoms with van der Waals surface area (Å²) < 4.78 is 0.883. The number of hydrogen-bond donors (Lipinski definition) is 2. The molecule has 0 aliphatic rings. The summed E-state index contributed by atoms with van der Waals surface area (Å²) in [6, 6.07) is 5.15. The molecule has 0 spiro atoms. The van der Waals surface area contributed by atoms with Crippen LogP contribution in [0.5, 0.6) is 0 Å². The number of aromatic carboxylic acids is 1. The first-order valence-corrected chi connectivity index (χ1v) is 6.56. The summed E-state index contributed by atoms with van der Waals surface area (Å²) >= 11 is 3.34. The molecule has 1 aromatic carbocycles. The number of carboxylic acids is 1. The maximum absolute atomic E-state index is 11.0. The average Bonchev–Trinajstić information content (AvgIpc) is 2.23. The van der Waals surface area contributed by atoms with Crippen molar-refractivity contribution in [3.63, 3.8) is 0 Å². The van der Waals surface area contributed by atoms with Crippen LogP contribution in [0.25, 0.3) is 0 Å². The second-order valence-corrected chi connectivity index (χ2v) is 5.37. The molecular weight excluding hydrogens is 282 g/mol. The largest absolute Gasteiger partial charge is 0.478 e. The first kappa shape index (κ1) is 14.0. The van der Waals surface area contributed by atoms with E-state index in [1.54, 1.807) is 18.2 Å². The lowest BCUT2D eigenvalue weighted by Gasteiger charge is -2.10. The van der Waals surface area contributed by atoms with Crippen molar-refractivity contribution < 1.29 is 9.90 Å². The predicted octanol–water partition coefficient (Wildman–Crippen LogP) is 4.00. The normalized spacial score (nSPS) is 10.6. The molecule has 4 heteroatoms. The molecule has 0 bridgehead atoms. The first-order chi connectivity index (χ1) is 8.00. The van der Waals surface area contributed by atoms with E-state index in [1.807, 2.05) is 0 Å². The highest BCUT2D eigenvalue weighted by atomic mass is 79.9. The molecule has 2 N–H and O–H groups in total. The second kappa shape index (κ2) is 6.64. The fourth-order valence-electron chi connectivity index (χ4n) is 1.58. The molecule has 0 heterocycles. The topological polar surface area (TPSA) is 49.3 Å². The summed E-state index contributed by atoms with van der Waals surface area (Å²) in [5, 5.41) is 12.2. The van der Waals surface area contributed by atoms with E-state index in [0.29, 0.717) is 17.2 Å². The SMILES string of the molecule is CC(C)CCCNc1cc(Br)ccc1C(=O)O. The second-order valence-electron chi connectivity index (χ2n) is 4.46. The van der Waals surface area contributed by atoms with Crippen molar-refractivity contribution in [2.24, 2.45) is 5.92 Å². The quantitative estimate of drug-likeness (QED) is 0.781. The van der Waals surface area contributed by atoms with Crippen molar-refractivity contribution in [2.45, 2.75) is 26.7 Å². The number of anilines is 1. The fraction of sp³-hybridized carbons (Fsp3) is 0.462. The Morgan fingerprint density at radius 3 is 2.76 bits per heavy atom. The molecule has 0 aliphatic carbocycles. The minimum atomic E-state index is -0.899. The molecule has 0 aliphatic heterocycles. The summed E-state index contributed by atoms with van der Waals surface area (Å²) in [4.78, 5) is 11.0. The standard InChI is InChI=1S/C13H18BrNO2/c1-9(2)4-3-7-15-12-8-10(14)5-6-11(12)13(16)17/h5-6,8-9,15H,3-4,7H2,1-2H3,(H,16,17). The van der Waals surface area contributed by atoms with Crippen LogP contribution in [0.3, 0.4) is 0 Å². The van der Waals surface area contributed by atoms with E-state index in [1.165, 1.54) is 0 Å². The van der Waals surface area contributed by atoms with Crippen LogP contribution in [0.15, 0.2) is 22.7 Å². The lowest BCUT2D eigenvalue weighted by Crippen LogP contribution is -2.08. The van der Waals surface area contributed by atoms with Crippen molar-refractivity contribution in [1.29, 1.82) is 0 Å². The van der Waals surface area contributed by atoms with Crippen molar-refractivity contribution in [2.75, 3.05) is 11.9 Å². The lowest BCUT2D eigenvalue weighted by atomic mass is 10.1. The van der Waals surface area contributed by atoms with Gasteiger partial charge in [0, 0.05) is 16.7 Å². The summed E-state index contributed by atoms with van der Waals surface area (Å²) in [6.45, 7) is 5.17. The van der Waals surface area contributed by atoms with Crippen molar-refractivity contribution in [1.82, 2.24) is 0 Å². The Labute approximate surface area is 110 Å². The van der Waals surface area contributed by atoms with Gasteiger partial charge in [-0.15, -0.1) is 0 Å². The number of carboxylic acid groups (broad SMARTS) is 1. The van der Waals surface area contributed by atoms with Gasteiger partial charge in [0.15, 0.2) is 0 Å². The number of nitrogens with one attached hydrogen (secondary N) is 1. The Bertz CT molecular complexity index is 391. The molecule has 0 saturated carbocycles. The van der Waals surface area contributed by atoms with Crippen LogP contribution in [0.2, 0.25) is 0 Å². The molecule has 0 fully saturated rings. The van der Waals surface area contributed by atoms with Gasteiger partial charge < -0.3 is 10.4 Å². The van der Waals surface area contributed by atoms with Crippen LogP contribution in [0, 0.1) is 5.92 Å². The van der Waals surface area contributed by atoms with Crippen molar-refractivity contribution in [3.8, 4) is 0 Å². The Kier molecular flexibility index (Phi) is 5.48. The third-order valence-electron chi connectivity index (χ3n) is 2.49. The monoisotopic (exact) mass is 299 g/mol. The molecule has 3 nitrogen and oxygen atoms in total. The summed E-state index contributed by atoms with van der Waals surface area (Å²) in [6.07, 6.45) is 2.19. The van der Waals surface area contributed by atoms with Gasteiger partial charge in [-0.3, -0.25) is 0 Å². The van der Waals surface area contributed by atoms with E-state index < -0.39 is 5.97 Å². The van der Waals surface area contributed by atoms with Gasteiger partial charge in [0.2, 0.25) is 0 Å². The zero-order valence-corrected chi connectivity index (χ0v) is 11.8. The maximum atomic E-state index is 11.0. The third kappa shape index (κ3) is 4.77. The van der Waals surface area contributed by atoms with E-state index in [0.717, 1.165) is 23.9 Å². The Hall–Kier alpha value is -1.03. The van der Waals surface area contributed by atoms with Gasteiger partial charge in [0.05, 0.1) is 5.56 Å². The number of benzene rings is 1. The Morgan fingerprint density at radius 2 is 2.18 bits per heavy atom. The summed E-state index contributed by atoms with van der Waals surface area (Å²) in [5.41, 5.74) is 0.994. The Balaban J connectivity index is 2.62. The zero-order chi connectivity index (χ0) is 12.8.